The molecule has 0 fully saturated rings. The third-order valence-electron chi connectivity index (χ3n) is 2.23. The lowest BCUT2D eigenvalue weighted by molar-refractivity contribution is 0.0939. The summed E-state index contributed by atoms with van der Waals surface area (Å²) in [4.78, 5) is 13.3. The van der Waals surface area contributed by atoms with Crippen LogP contribution in [0.15, 0.2) is 24.4 Å². The fraction of sp³-hybridized carbons (Fsp3) is 0.429. The van der Waals surface area contributed by atoms with E-state index < -0.39 is 56.2 Å². The summed E-state index contributed by atoms with van der Waals surface area (Å²) in [6.07, 6.45) is 1.17. The number of fused-ring (bicyclic) bond motifs is 1. The molecule has 3 heteroatoms. The van der Waals surface area contributed by atoms with Gasteiger partial charge in [0, 0.05) is 31.3 Å². The van der Waals surface area contributed by atoms with Gasteiger partial charge in [-0.1, -0.05) is 33.5 Å². The van der Waals surface area contributed by atoms with Crippen molar-refractivity contribution in [2.45, 2.75) is 33.3 Å². The van der Waals surface area contributed by atoms with E-state index in [4.69, 9.17) is 19.2 Å². The maximum Gasteiger partial charge on any atom is 0.169 e. The summed E-state index contributed by atoms with van der Waals surface area (Å²) in [5, 5.41) is 3.75. The largest absolute Gasteiger partial charge is 0.294 e. The molecule has 0 aliphatic rings. The van der Waals surface area contributed by atoms with Gasteiger partial charge in [-0.05, 0) is 18.0 Å². The highest BCUT2D eigenvalue weighted by Crippen LogP contribution is 2.25. The summed E-state index contributed by atoms with van der Waals surface area (Å²) >= 11 is 0. The Labute approximate surface area is 121 Å². The fourth-order valence-electron chi connectivity index (χ4n) is 1.52. The lowest BCUT2D eigenvalue weighted by Gasteiger charge is -2.07. The monoisotopic (exact) mass is 244 g/mol. The van der Waals surface area contributed by atoms with Gasteiger partial charge in [0.05, 0.1) is 16.8 Å². The number of hydrogen-bond acceptors (Lipinski definition) is 2. The molecule has 0 atom stereocenters. The number of Topliss-reactive ketones (excluding diaryl/α,β-unsaturated/α-hetero) is 1. The van der Waals surface area contributed by atoms with Gasteiger partial charge in [0.25, 0.3) is 0 Å². The van der Waals surface area contributed by atoms with Crippen molar-refractivity contribution in [3.8, 4) is 0 Å². The summed E-state index contributed by atoms with van der Waals surface area (Å²) < 4.78 is 108. The number of carbonyl (C=O) groups is 1. The number of hydrogen-bond donors (Lipinski definition) is 0. The molecule has 17 heavy (non-hydrogen) atoms. The SMILES string of the molecule is [2H]C([2H])([2H])C([2H])(C(=O)c1c(C([2H])(C([2H])([2H])[2H])C([2H])([2H])[2H])nn2ccccc12)C([2H])([2H])[2H]. The minimum absolute atomic E-state index is 0.335. The van der Waals surface area contributed by atoms with Crippen molar-refractivity contribution in [2.24, 2.45) is 5.89 Å². The number of aromatic nitrogens is 2. The van der Waals surface area contributed by atoms with Crippen molar-refractivity contribution < 1.29 is 24.0 Å². The molecule has 0 aliphatic carbocycles. The minimum Gasteiger partial charge on any atom is -0.294 e. The molecule has 0 aliphatic heterocycles. The fourth-order valence-corrected chi connectivity index (χ4v) is 1.52. The zero-order valence-corrected chi connectivity index (χ0v) is 8.61. The van der Waals surface area contributed by atoms with E-state index in [9.17, 15) is 4.79 Å². The molecule has 0 unspecified atom stereocenters. The van der Waals surface area contributed by atoms with Crippen molar-refractivity contribution in [3.05, 3.63) is 35.7 Å². The number of nitrogens with zero attached hydrogens (tertiary/aromatic N) is 2. The van der Waals surface area contributed by atoms with Crippen molar-refractivity contribution in [1.29, 1.82) is 0 Å². The molecule has 2 aromatic heterocycles. The van der Waals surface area contributed by atoms with Gasteiger partial charge in [0.15, 0.2) is 5.78 Å². The van der Waals surface area contributed by atoms with Crippen LogP contribution >= 0.6 is 0 Å². The molecule has 90 valence electrons. The summed E-state index contributed by atoms with van der Waals surface area (Å²) in [6.45, 7) is -14.6. The molecule has 2 aromatic rings. The molecule has 2 rings (SSSR count). The van der Waals surface area contributed by atoms with Crippen molar-refractivity contribution in [2.75, 3.05) is 0 Å². The third-order valence-corrected chi connectivity index (χ3v) is 2.23. The molecule has 0 spiro atoms. The average molecular weight is 244 g/mol. The van der Waals surface area contributed by atoms with Crippen LogP contribution in [0.4, 0.5) is 0 Å². The van der Waals surface area contributed by atoms with Gasteiger partial charge >= 0.3 is 0 Å². The normalized spacial score (nSPS) is 28.0. The van der Waals surface area contributed by atoms with E-state index in [1.807, 2.05) is 0 Å². The van der Waals surface area contributed by atoms with Crippen molar-refractivity contribution in [1.82, 2.24) is 9.61 Å². The van der Waals surface area contributed by atoms with Crippen molar-refractivity contribution >= 4 is 11.3 Å². The van der Waals surface area contributed by atoms with E-state index in [2.05, 4.69) is 5.10 Å². The van der Waals surface area contributed by atoms with E-state index >= 15 is 0 Å². The minimum atomic E-state index is -3.78. The van der Waals surface area contributed by atoms with Crippen LogP contribution in [0.3, 0.4) is 0 Å². The second-order valence-electron chi connectivity index (χ2n) is 3.33. The zero-order valence-electron chi connectivity index (χ0n) is 22.6. The Balaban J connectivity index is 3.07. The first-order chi connectivity index (χ1) is 13.6. The zero-order chi connectivity index (χ0) is 24.4. The molecule has 0 bridgehead atoms. The predicted octanol–water partition coefficient (Wildman–Crippen LogP) is 3.30. The first kappa shape index (κ1) is 3.44. The first-order valence-corrected chi connectivity index (χ1v) is 4.65. The molecular formula is C14H18N2O. The van der Waals surface area contributed by atoms with Gasteiger partial charge in [-0.2, -0.15) is 5.10 Å². The molecule has 2 heterocycles. The standard InChI is InChI=1S/C14H18N2O/c1-9(2)13-12(14(17)10(3)4)11-7-5-6-8-16(11)15-13/h5-10H,1-4H3/i1D3,2D3,3D3,4D3,9D,10D. The Morgan fingerprint density at radius 3 is 2.94 bits per heavy atom. The molecule has 0 aromatic carbocycles. The summed E-state index contributed by atoms with van der Waals surface area (Å²) in [5.74, 6) is -9.19. The van der Waals surface area contributed by atoms with Gasteiger partial charge in [-0.15, -0.1) is 0 Å². The topological polar surface area (TPSA) is 34.4 Å². The average Bonchev–Trinajstić information content (AvgIpc) is 2.95. The van der Waals surface area contributed by atoms with E-state index in [-0.39, 0.29) is 5.52 Å². The lowest BCUT2D eigenvalue weighted by atomic mass is 9.95. The summed E-state index contributed by atoms with van der Waals surface area (Å²) in [6, 6.07) is 3.84. The molecule has 0 saturated carbocycles. The second-order valence-corrected chi connectivity index (χ2v) is 3.33. The molecule has 3 nitrogen and oxygen atoms in total. The Morgan fingerprint density at radius 2 is 2.24 bits per heavy atom. The van der Waals surface area contributed by atoms with Gasteiger partial charge in [-0.3, -0.25) is 4.79 Å². The second kappa shape index (κ2) is 4.32. The number of carbonyl (C=O) groups excluding carboxylic acids is 1. The smallest absolute Gasteiger partial charge is 0.169 e. The quantitative estimate of drug-likeness (QED) is 0.776. The van der Waals surface area contributed by atoms with Crippen molar-refractivity contribution in [3.63, 3.8) is 0 Å². The Kier molecular flexibility index (Phi) is 0.873. The van der Waals surface area contributed by atoms with Crippen LogP contribution in [0.25, 0.3) is 5.52 Å². The number of rotatable bonds is 3. The van der Waals surface area contributed by atoms with Gasteiger partial charge in [0.2, 0.25) is 0 Å². The van der Waals surface area contributed by atoms with Crippen LogP contribution < -0.4 is 0 Å². The van der Waals surface area contributed by atoms with Crippen LogP contribution in [0, 0.1) is 5.89 Å². The van der Waals surface area contributed by atoms with E-state index in [1.54, 1.807) is 0 Å². The highest BCUT2D eigenvalue weighted by Gasteiger charge is 2.22. The molecule has 0 saturated heterocycles. The summed E-state index contributed by atoms with van der Waals surface area (Å²) in [5.41, 5.74) is -2.52. The van der Waals surface area contributed by atoms with E-state index in [1.165, 1.54) is 18.3 Å². The predicted molar refractivity (Wildman–Crippen MR) is 68.4 cm³/mol. The Bertz CT molecular complexity index is 966. The lowest BCUT2D eigenvalue weighted by Crippen LogP contribution is -2.10. The third kappa shape index (κ3) is 1.97. The van der Waals surface area contributed by atoms with Crippen LogP contribution in [0.1, 0.15) is 68.5 Å². The summed E-state index contributed by atoms with van der Waals surface area (Å²) in [7, 11) is 0. The van der Waals surface area contributed by atoms with Gasteiger partial charge in [-0.25, -0.2) is 4.52 Å². The Morgan fingerprint density at radius 1 is 1.41 bits per heavy atom. The van der Waals surface area contributed by atoms with Crippen LogP contribution in [-0.2, 0) is 0 Å². The van der Waals surface area contributed by atoms with E-state index in [0.29, 0.717) is 0 Å². The van der Waals surface area contributed by atoms with Crippen LogP contribution in [0.2, 0.25) is 0 Å². The number of pyridine rings is 1. The highest BCUT2D eigenvalue weighted by molar-refractivity contribution is 6.04. The van der Waals surface area contributed by atoms with Gasteiger partial charge in [0.1, 0.15) is 0 Å². The molecular weight excluding hydrogens is 212 g/mol. The van der Waals surface area contributed by atoms with Gasteiger partial charge < -0.3 is 0 Å². The highest BCUT2D eigenvalue weighted by atomic mass is 16.1. The maximum atomic E-state index is 13.3. The molecule has 0 N–H and O–H groups in total. The maximum absolute atomic E-state index is 13.3. The Hall–Kier alpha value is -1.64. The van der Waals surface area contributed by atoms with Crippen LogP contribution in [-0.4, -0.2) is 15.4 Å². The number of ketones is 1. The first-order valence-electron chi connectivity index (χ1n) is 11.6. The van der Waals surface area contributed by atoms with E-state index in [0.717, 1.165) is 10.6 Å². The van der Waals surface area contributed by atoms with Crippen LogP contribution in [0.5, 0.6) is 0 Å². The molecule has 0 radical (unpaired) electrons. The molecule has 0 amide bonds.